The standard InChI is InChI=1S/C19H16FN3O2S/c20-14-4-2-13(3-5-14)16-8-11-23(16)18(24)17-7-6-15(25-17)12-26-19-21-9-1-10-22-19/h1-7,9-10,16H,8,11-12H2/t16-/m0/s1. The maximum Gasteiger partial charge on any atom is 0.290 e. The van der Waals surface area contributed by atoms with Crippen LogP contribution in [0.15, 0.2) is 64.4 Å². The minimum Gasteiger partial charge on any atom is -0.455 e. The number of rotatable bonds is 5. The molecule has 26 heavy (non-hydrogen) atoms. The van der Waals surface area contributed by atoms with E-state index in [0.29, 0.717) is 29.0 Å². The first kappa shape index (κ1) is 16.8. The van der Waals surface area contributed by atoms with Gasteiger partial charge in [0.15, 0.2) is 10.9 Å². The van der Waals surface area contributed by atoms with E-state index in [0.717, 1.165) is 12.0 Å². The van der Waals surface area contributed by atoms with Gasteiger partial charge in [-0.05, 0) is 42.3 Å². The highest BCUT2D eigenvalue weighted by atomic mass is 32.2. The molecule has 0 N–H and O–H groups in total. The topological polar surface area (TPSA) is 59.2 Å². The molecule has 1 aliphatic heterocycles. The van der Waals surface area contributed by atoms with Gasteiger partial charge in [0, 0.05) is 18.9 Å². The van der Waals surface area contributed by atoms with Crippen LogP contribution in [-0.2, 0) is 5.75 Å². The summed E-state index contributed by atoms with van der Waals surface area (Å²) in [6.45, 7) is 0.670. The number of amides is 1. The van der Waals surface area contributed by atoms with Crippen LogP contribution < -0.4 is 0 Å². The highest BCUT2D eigenvalue weighted by molar-refractivity contribution is 7.98. The molecule has 5 nitrogen and oxygen atoms in total. The van der Waals surface area contributed by atoms with Crippen molar-refractivity contribution >= 4 is 17.7 Å². The number of likely N-dealkylation sites (tertiary alicyclic amines) is 1. The van der Waals surface area contributed by atoms with Crippen molar-refractivity contribution < 1.29 is 13.6 Å². The maximum atomic E-state index is 13.1. The number of carbonyl (C=O) groups is 1. The molecule has 1 aromatic carbocycles. The number of carbonyl (C=O) groups excluding carboxylic acids is 1. The van der Waals surface area contributed by atoms with Crippen LogP contribution in [0.1, 0.15) is 34.3 Å². The van der Waals surface area contributed by atoms with Crippen LogP contribution >= 0.6 is 11.8 Å². The molecule has 2 aromatic heterocycles. The Bertz CT molecular complexity index is 899. The van der Waals surface area contributed by atoms with Crippen LogP contribution in [0.2, 0.25) is 0 Å². The summed E-state index contributed by atoms with van der Waals surface area (Å²) in [6.07, 6.45) is 4.24. The largest absolute Gasteiger partial charge is 0.455 e. The van der Waals surface area contributed by atoms with Gasteiger partial charge in [-0.3, -0.25) is 4.79 Å². The van der Waals surface area contributed by atoms with E-state index in [1.165, 1.54) is 23.9 Å². The summed E-state index contributed by atoms with van der Waals surface area (Å²) in [4.78, 5) is 22.7. The highest BCUT2D eigenvalue weighted by Crippen LogP contribution is 2.35. The molecular formula is C19H16FN3O2S. The lowest BCUT2D eigenvalue weighted by atomic mass is 9.94. The molecule has 1 atom stereocenters. The minimum absolute atomic E-state index is 0.0243. The monoisotopic (exact) mass is 369 g/mol. The first-order chi connectivity index (χ1) is 12.7. The number of aromatic nitrogens is 2. The molecule has 3 aromatic rings. The zero-order chi connectivity index (χ0) is 17.9. The lowest BCUT2D eigenvalue weighted by molar-refractivity contribution is 0.0426. The molecule has 1 fully saturated rings. The number of thioether (sulfide) groups is 1. The fraction of sp³-hybridized carbons (Fsp3) is 0.211. The van der Waals surface area contributed by atoms with Gasteiger partial charge in [0.05, 0.1) is 11.8 Å². The molecule has 0 aliphatic carbocycles. The zero-order valence-electron chi connectivity index (χ0n) is 13.8. The molecule has 0 bridgehead atoms. The molecule has 0 saturated carbocycles. The van der Waals surface area contributed by atoms with E-state index in [4.69, 9.17) is 4.42 Å². The summed E-state index contributed by atoms with van der Waals surface area (Å²) in [5.41, 5.74) is 0.939. The summed E-state index contributed by atoms with van der Waals surface area (Å²) in [5, 5.41) is 0.663. The average molecular weight is 369 g/mol. The number of hydrogen-bond donors (Lipinski definition) is 0. The van der Waals surface area contributed by atoms with Gasteiger partial charge in [-0.2, -0.15) is 0 Å². The van der Waals surface area contributed by atoms with Gasteiger partial charge in [-0.15, -0.1) is 0 Å². The van der Waals surface area contributed by atoms with Crippen molar-refractivity contribution in [1.82, 2.24) is 14.9 Å². The summed E-state index contributed by atoms with van der Waals surface area (Å²) in [5.74, 6) is 1.16. The number of benzene rings is 1. The minimum atomic E-state index is -0.276. The van der Waals surface area contributed by atoms with Crippen molar-refractivity contribution in [3.8, 4) is 0 Å². The van der Waals surface area contributed by atoms with E-state index in [2.05, 4.69) is 9.97 Å². The second-order valence-corrected chi connectivity index (χ2v) is 6.88. The third-order valence-corrected chi connectivity index (χ3v) is 5.19. The molecule has 0 spiro atoms. The van der Waals surface area contributed by atoms with Crippen molar-refractivity contribution in [3.05, 3.63) is 77.8 Å². The van der Waals surface area contributed by atoms with Crippen molar-refractivity contribution in [3.63, 3.8) is 0 Å². The predicted octanol–water partition coefficient (Wildman–Crippen LogP) is 4.09. The average Bonchev–Trinajstić information content (AvgIpc) is 3.11. The van der Waals surface area contributed by atoms with Gasteiger partial charge in [-0.25, -0.2) is 14.4 Å². The van der Waals surface area contributed by atoms with Gasteiger partial charge >= 0.3 is 0 Å². The summed E-state index contributed by atoms with van der Waals surface area (Å²) in [7, 11) is 0. The number of nitrogens with zero attached hydrogens (tertiary/aromatic N) is 3. The molecule has 132 valence electrons. The van der Waals surface area contributed by atoms with Gasteiger partial charge in [0.25, 0.3) is 5.91 Å². The smallest absolute Gasteiger partial charge is 0.290 e. The molecule has 0 radical (unpaired) electrons. The van der Waals surface area contributed by atoms with Crippen LogP contribution in [0.25, 0.3) is 0 Å². The molecule has 0 unspecified atom stereocenters. The van der Waals surface area contributed by atoms with E-state index in [-0.39, 0.29) is 17.8 Å². The molecule has 1 amide bonds. The lowest BCUT2D eigenvalue weighted by Gasteiger charge is -2.40. The van der Waals surface area contributed by atoms with E-state index in [1.807, 2.05) is 0 Å². The Labute approximate surface area is 154 Å². The molecule has 1 aliphatic rings. The Balaban J connectivity index is 1.40. The number of halogens is 1. The second-order valence-electron chi connectivity index (χ2n) is 5.94. The van der Waals surface area contributed by atoms with Gasteiger partial charge in [0.2, 0.25) is 0 Å². The van der Waals surface area contributed by atoms with Crippen LogP contribution in [0, 0.1) is 5.82 Å². The summed E-state index contributed by atoms with van der Waals surface area (Å²) < 4.78 is 18.8. The van der Waals surface area contributed by atoms with Crippen molar-refractivity contribution in [2.45, 2.75) is 23.4 Å². The van der Waals surface area contributed by atoms with Gasteiger partial charge in [-0.1, -0.05) is 23.9 Å². The Hall–Kier alpha value is -2.67. The van der Waals surface area contributed by atoms with Crippen LogP contribution in [0.3, 0.4) is 0 Å². The quantitative estimate of drug-likeness (QED) is 0.501. The number of hydrogen-bond acceptors (Lipinski definition) is 5. The molecular weight excluding hydrogens is 353 g/mol. The highest BCUT2D eigenvalue weighted by Gasteiger charge is 2.35. The van der Waals surface area contributed by atoms with Gasteiger partial charge in [0.1, 0.15) is 11.6 Å². The van der Waals surface area contributed by atoms with Crippen LogP contribution in [0.5, 0.6) is 0 Å². The Morgan fingerprint density at radius 1 is 1.19 bits per heavy atom. The Morgan fingerprint density at radius 2 is 1.96 bits per heavy atom. The molecule has 3 heterocycles. The fourth-order valence-electron chi connectivity index (χ4n) is 2.87. The van der Waals surface area contributed by atoms with E-state index < -0.39 is 0 Å². The third-order valence-electron chi connectivity index (χ3n) is 4.29. The van der Waals surface area contributed by atoms with Gasteiger partial charge < -0.3 is 9.32 Å². The normalized spacial score (nSPS) is 16.3. The van der Waals surface area contributed by atoms with Crippen molar-refractivity contribution in [1.29, 1.82) is 0 Å². The summed E-state index contributed by atoms with van der Waals surface area (Å²) >= 11 is 1.45. The lowest BCUT2D eigenvalue weighted by Crippen LogP contribution is -2.45. The van der Waals surface area contributed by atoms with E-state index in [1.54, 1.807) is 47.6 Å². The third kappa shape index (κ3) is 3.48. The first-order valence-electron chi connectivity index (χ1n) is 8.25. The summed E-state index contributed by atoms with van der Waals surface area (Å²) in [6, 6.07) is 11.5. The molecule has 1 saturated heterocycles. The Kier molecular flexibility index (Phi) is 4.71. The first-order valence-corrected chi connectivity index (χ1v) is 9.24. The van der Waals surface area contributed by atoms with E-state index in [9.17, 15) is 9.18 Å². The van der Waals surface area contributed by atoms with Crippen LogP contribution in [-0.4, -0.2) is 27.3 Å². The molecule has 7 heteroatoms. The maximum absolute atomic E-state index is 13.1. The van der Waals surface area contributed by atoms with E-state index >= 15 is 0 Å². The van der Waals surface area contributed by atoms with Crippen molar-refractivity contribution in [2.75, 3.05) is 6.54 Å². The van der Waals surface area contributed by atoms with Crippen LogP contribution in [0.4, 0.5) is 4.39 Å². The number of furan rings is 1. The SMILES string of the molecule is O=C(c1ccc(CSc2ncccn2)o1)N1CC[C@H]1c1ccc(F)cc1. The molecule has 4 rings (SSSR count). The fourth-order valence-corrected chi connectivity index (χ4v) is 3.57. The predicted molar refractivity (Wildman–Crippen MR) is 95.1 cm³/mol. The Morgan fingerprint density at radius 3 is 2.65 bits per heavy atom. The van der Waals surface area contributed by atoms with Crippen molar-refractivity contribution in [2.24, 2.45) is 0 Å². The zero-order valence-corrected chi connectivity index (χ0v) is 14.7. The second kappa shape index (κ2) is 7.29.